The smallest absolute Gasteiger partial charge is 0.417 e. The van der Waals surface area contributed by atoms with Crippen LogP contribution in [-0.4, -0.2) is 45.9 Å². The van der Waals surface area contributed by atoms with Gasteiger partial charge in [0.25, 0.3) is 5.91 Å². The van der Waals surface area contributed by atoms with Gasteiger partial charge in [-0.05, 0) is 25.3 Å². The highest BCUT2D eigenvalue weighted by molar-refractivity contribution is 5.98. The molecule has 0 radical (unpaired) electrons. The molecule has 1 aromatic carbocycles. The summed E-state index contributed by atoms with van der Waals surface area (Å²) in [4.78, 5) is 40.2. The van der Waals surface area contributed by atoms with Crippen LogP contribution >= 0.6 is 0 Å². The first kappa shape index (κ1) is 19.0. The Morgan fingerprint density at radius 2 is 1.84 bits per heavy atom. The van der Waals surface area contributed by atoms with Crippen LogP contribution in [0.2, 0.25) is 0 Å². The van der Waals surface area contributed by atoms with Crippen molar-refractivity contribution in [2.75, 3.05) is 6.61 Å². The summed E-state index contributed by atoms with van der Waals surface area (Å²) in [6.45, 7) is 9.22. The zero-order chi connectivity index (χ0) is 18.8. The highest BCUT2D eigenvalue weighted by Crippen LogP contribution is 2.28. The third kappa shape index (κ3) is 4.00. The number of hydrogen-bond acceptors (Lipinski definition) is 4. The van der Waals surface area contributed by atoms with Crippen LogP contribution in [0.25, 0.3) is 0 Å². The van der Waals surface area contributed by atoms with Gasteiger partial charge in [0.15, 0.2) is 0 Å². The summed E-state index contributed by atoms with van der Waals surface area (Å²) in [5.74, 6) is -0.751. The average molecular weight is 346 g/mol. The Balaban J connectivity index is 2.35. The van der Waals surface area contributed by atoms with Crippen molar-refractivity contribution in [2.24, 2.45) is 5.92 Å². The number of benzene rings is 1. The number of nitrogens with zero attached hydrogens (tertiary/aromatic N) is 2. The van der Waals surface area contributed by atoms with Gasteiger partial charge in [-0.15, -0.1) is 0 Å². The van der Waals surface area contributed by atoms with Gasteiger partial charge in [-0.1, -0.05) is 44.2 Å². The molecule has 1 fully saturated rings. The molecule has 0 saturated carbocycles. The van der Waals surface area contributed by atoms with E-state index in [1.165, 1.54) is 11.8 Å². The molecule has 3 amide bonds. The van der Waals surface area contributed by atoms with Crippen molar-refractivity contribution in [3.63, 3.8) is 0 Å². The first-order valence-electron chi connectivity index (χ1n) is 8.47. The van der Waals surface area contributed by atoms with E-state index < -0.39 is 23.6 Å². The zero-order valence-electron chi connectivity index (χ0n) is 15.5. The largest absolute Gasteiger partial charge is 0.447 e. The van der Waals surface area contributed by atoms with Crippen molar-refractivity contribution < 1.29 is 19.1 Å². The number of hydrogen-bond donors (Lipinski definition) is 0. The maximum atomic E-state index is 13.2. The summed E-state index contributed by atoms with van der Waals surface area (Å²) in [5.41, 5.74) is 0.204. The summed E-state index contributed by atoms with van der Waals surface area (Å²) in [7, 11) is 0. The highest BCUT2D eigenvalue weighted by Gasteiger charge is 2.48. The van der Waals surface area contributed by atoms with Crippen LogP contribution in [0.3, 0.4) is 0 Å². The Hall–Kier alpha value is -2.37. The van der Waals surface area contributed by atoms with E-state index in [-0.39, 0.29) is 18.4 Å². The van der Waals surface area contributed by atoms with Gasteiger partial charge in [0, 0.05) is 13.5 Å². The number of carbonyl (C=O) groups excluding carboxylic acids is 3. The van der Waals surface area contributed by atoms with E-state index in [2.05, 4.69) is 0 Å². The van der Waals surface area contributed by atoms with Gasteiger partial charge in [-0.2, -0.15) is 0 Å². The molecule has 0 N–H and O–H groups in total. The Morgan fingerprint density at radius 1 is 1.24 bits per heavy atom. The molecular weight excluding hydrogens is 320 g/mol. The number of ether oxygens (including phenoxy) is 1. The third-order valence-electron chi connectivity index (χ3n) is 4.38. The molecule has 1 atom stereocenters. The Morgan fingerprint density at radius 3 is 2.28 bits per heavy atom. The molecule has 6 heteroatoms. The third-order valence-corrected chi connectivity index (χ3v) is 4.38. The molecule has 1 aliphatic rings. The zero-order valence-corrected chi connectivity index (χ0v) is 15.5. The van der Waals surface area contributed by atoms with Crippen LogP contribution in [0.1, 0.15) is 40.2 Å². The minimum Gasteiger partial charge on any atom is -0.447 e. The van der Waals surface area contributed by atoms with E-state index in [1.807, 2.05) is 44.2 Å². The van der Waals surface area contributed by atoms with Gasteiger partial charge in [0.05, 0.1) is 5.54 Å². The standard InChI is InChI=1S/C19H26N2O4/c1-13(2)16(17(23)21-18(24)25-12-19(21,4)5)20(14(3)22)11-15-9-7-6-8-10-15/h6-10,13,16H,11-12H2,1-5H3. The summed E-state index contributed by atoms with van der Waals surface area (Å²) in [5, 5.41) is 0. The maximum absolute atomic E-state index is 13.2. The molecule has 25 heavy (non-hydrogen) atoms. The molecular formula is C19H26N2O4. The fourth-order valence-electron chi connectivity index (χ4n) is 3.10. The number of carbonyl (C=O) groups is 3. The van der Waals surface area contributed by atoms with E-state index in [0.717, 1.165) is 10.5 Å². The molecule has 0 bridgehead atoms. The minimum absolute atomic E-state index is 0.149. The Labute approximate surface area is 148 Å². The quantitative estimate of drug-likeness (QED) is 0.822. The molecule has 1 heterocycles. The summed E-state index contributed by atoms with van der Waals surface area (Å²) >= 11 is 0. The lowest BCUT2D eigenvalue weighted by molar-refractivity contribution is -0.147. The van der Waals surface area contributed by atoms with Crippen molar-refractivity contribution in [3.8, 4) is 0 Å². The molecule has 1 aliphatic heterocycles. The number of amides is 3. The SMILES string of the molecule is CC(=O)N(Cc1ccccc1)C(C(=O)N1C(=O)OCC1(C)C)C(C)C. The lowest BCUT2D eigenvalue weighted by Gasteiger charge is -2.37. The molecule has 1 aromatic rings. The van der Waals surface area contributed by atoms with Crippen LogP contribution in [0.5, 0.6) is 0 Å². The van der Waals surface area contributed by atoms with Crippen molar-refractivity contribution in [2.45, 2.75) is 52.7 Å². The van der Waals surface area contributed by atoms with E-state index in [9.17, 15) is 14.4 Å². The molecule has 2 rings (SSSR count). The van der Waals surface area contributed by atoms with Crippen LogP contribution in [0.15, 0.2) is 30.3 Å². The monoisotopic (exact) mass is 346 g/mol. The molecule has 1 saturated heterocycles. The normalized spacial score (nSPS) is 17.4. The average Bonchev–Trinajstić information content (AvgIpc) is 2.80. The van der Waals surface area contributed by atoms with Gasteiger partial charge in [0.2, 0.25) is 5.91 Å². The van der Waals surface area contributed by atoms with E-state index in [4.69, 9.17) is 4.74 Å². The molecule has 0 aromatic heterocycles. The van der Waals surface area contributed by atoms with Crippen molar-refractivity contribution in [3.05, 3.63) is 35.9 Å². The van der Waals surface area contributed by atoms with Crippen molar-refractivity contribution >= 4 is 17.9 Å². The van der Waals surface area contributed by atoms with Gasteiger partial charge in [0.1, 0.15) is 12.6 Å². The predicted molar refractivity (Wildman–Crippen MR) is 93.6 cm³/mol. The second-order valence-electron chi connectivity index (χ2n) is 7.36. The first-order chi connectivity index (χ1) is 11.6. The summed E-state index contributed by atoms with van der Waals surface area (Å²) in [6, 6.07) is 8.76. The minimum atomic E-state index is -0.734. The Bertz CT molecular complexity index is 655. The van der Waals surface area contributed by atoms with Crippen LogP contribution < -0.4 is 0 Å². The van der Waals surface area contributed by atoms with E-state index in [0.29, 0.717) is 6.54 Å². The number of rotatable bonds is 5. The molecule has 1 unspecified atom stereocenters. The Kier molecular flexibility index (Phi) is 5.50. The topological polar surface area (TPSA) is 66.9 Å². The molecule has 136 valence electrons. The highest BCUT2D eigenvalue weighted by atomic mass is 16.6. The predicted octanol–water partition coefficient (Wildman–Crippen LogP) is 2.82. The van der Waals surface area contributed by atoms with Crippen LogP contribution in [-0.2, 0) is 20.9 Å². The van der Waals surface area contributed by atoms with Crippen molar-refractivity contribution in [1.82, 2.24) is 9.80 Å². The molecule has 0 spiro atoms. The van der Waals surface area contributed by atoms with Gasteiger partial charge < -0.3 is 9.64 Å². The van der Waals surface area contributed by atoms with Crippen molar-refractivity contribution in [1.29, 1.82) is 0 Å². The summed E-state index contributed by atoms with van der Waals surface area (Å²) in [6.07, 6.45) is -0.649. The lowest BCUT2D eigenvalue weighted by atomic mass is 9.97. The number of cyclic esters (lactones) is 1. The van der Waals surface area contributed by atoms with Gasteiger partial charge in [-0.25, -0.2) is 9.69 Å². The fourth-order valence-corrected chi connectivity index (χ4v) is 3.10. The van der Waals surface area contributed by atoms with E-state index in [1.54, 1.807) is 13.8 Å². The van der Waals surface area contributed by atoms with Crippen LogP contribution in [0.4, 0.5) is 4.79 Å². The molecule has 0 aliphatic carbocycles. The first-order valence-corrected chi connectivity index (χ1v) is 8.47. The van der Waals surface area contributed by atoms with Gasteiger partial charge in [-0.3, -0.25) is 9.59 Å². The number of imide groups is 1. The maximum Gasteiger partial charge on any atom is 0.417 e. The summed E-state index contributed by atoms with van der Waals surface area (Å²) < 4.78 is 5.05. The molecule has 6 nitrogen and oxygen atoms in total. The lowest BCUT2D eigenvalue weighted by Crippen LogP contribution is -2.57. The second-order valence-corrected chi connectivity index (χ2v) is 7.36. The fraction of sp³-hybridized carbons (Fsp3) is 0.526. The van der Waals surface area contributed by atoms with Gasteiger partial charge >= 0.3 is 6.09 Å². The van der Waals surface area contributed by atoms with Crippen LogP contribution in [0, 0.1) is 5.92 Å². The van der Waals surface area contributed by atoms with E-state index >= 15 is 0 Å². The second kappa shape index (κ2) is 7.25.